The molecule has 13 heavy (non-hydrogen) atoms. The molecule has 80 valence electrons. The lowest BCUT2D eigenvalue weighted by molar-refractivity contribution is 0.343. The minimum absolute atomic E-state index is 0.996. The standard InChI is InChI=1S/C10H21N.C2H6/c1-2-8-11-9-10-6-4-3-5-7-10;1-2/h10-11H,2-9H2,1H3;1-2H3. The Balaban J connectivity index is 0.000000671. The van der Waals surface area contributed by atoms with Crippen LogP contribution in [0.15, 0.2) is 0 Å². The molecule has 1 rings (SSSR count). The number of hydrogen-bond acceptors (Lipinski definition) is 1. The van der Waals surface area contributed by atoms with Crippen molar-refractivity contribution in [3.05, 3.63) is 0 Å². The Kier molecular flexibility index (Phi) is 10.0. The lowest BCUT2D eigenvalue weighted by Gasteiger charge is -2.21. The summed E-state index contributed by atoms with van der Waals surface area (Å²) in [6.07, 6.45) is 8.63. The Labute approximate surface area is 84.3 Å². The third kappa shape index (κ3) is 7.06. The van der Waals surface area contributed by atoms with Crippen LogP contribution in [-0.2, 0) is 0 Å². The minimum Gasteiger partial charge on any atom is -0.316 e. The third-order valence-electron chi connectivity index (χ3n) is 2.58. The molecule has 0 aliphatic heterocycles. The SMILES string of the molecule is CC.CCCNCC1CCCCC1. The van der Waals surface area contributed by atoms with Gasteiger partial charge in [0, 0.05) is 0 Å². The van der Waals surface area contributed by atoms with Crippen LogP contribution in [-0.4, -0.2) is 13.1 Å². The van der Waals surface area contributed by atoms with Crippen LogP contribution >= 0.6 is 0 Å². The van der Waals surface area contributed by atoms with Crippen molar-refractivity contribution in [1.29, 1.82) is 0 Å². The van der Waals surface area contributed by atoms with E-state index in [1.165, 1.54) is 51.6 Å². The van der Waals surface area contributed by atoms with Crippen LogP contribution in [0.25, 0.3) is 0 Å². The first-order valence-corrected chi connectivity index (χ1v) is 6.14. The zero-order valence-corrected chi connectivity index (χ0v) is 9.73. The predicted octanol–water partition coefficient (Wildman–Crippen LogP) is 3.59. The summed E-state index contributed by atoms with van der Waals surface area (Å²) >= 11 is 0. The molecule has 0 aromatic carbocycles. The number of rotatable bonds is 4. The van der Waals surface area contributed by atoms with E-state index < -0.39 is 0 Å². The Morgan fingerprint density at radius 3 is 2.23 bits per heavy atom. The maximum absolute atomic E-state index is 3.50. The van der Waals surface area contributed by atoms with Gasteiger partial charge in [0.15, 0.2) is 0 Å². The highest BCUT2D eigenvalue weighted by atomic mass is 14.8. The van der Waals surface area contributed by atoms with Gasteiger partial charge in [-0.25, -0.2) is 0 Å². The van der Waals surface area contributed by atoms with E-state index in [2.05, 4.69) is 12.2 Å². The molecule has 1 heteroatoms. The second-order valence-electron chi connectivity index (χ2n) is 3.71. The van der Waals surface area contributed by atoms with Crippen molar-refractivity contribution >= 4 is 0 Å². The first-order valence-electron chi connectivity index (χ1n) is 6.14. The molecular formula is C12H27N. The molecule has 0 aromatic rings. The van der Waals surface area contributed by atoms with Gasteiger partial charge in [-0.1, -0.05) is 40.0 Å². The van der Waals surface area contributed by atoms with Gasteiger partial charge in [-0.3, -0.25) is 0 Å². The monoisotopic (exact) mass is 185 g/mol. The lowest BCUT2D eigenvalue weighted by atomic mass is 9.89. The Morgan fingerprint density at radius 2 is 1.69 bits per heavy atom. The molecule has 1 nitrogen and oxygen atoms in total. The summed E-state index contributed by atoms with van der Waals surface area (Å²) in [7, 11) is 0. The second-order valence-corrected chi connectivity index (χ2v) is 3.71. The topological polar surface area (TPSA) is 12.0 Å². The van der Waals surface area contributed by atoms with Crippen LogP contribution in [0.4, 0.5) is 0 Å². The molecule has 1 aliphatic rings. The van der Waals surface area contributed by atoms with Gasteiger partial charge >= 0.3 is 0 Å². The number of nitrogens with one attached hydrogen (secondary N) is 1. The summed E-state index contributed by atoms with van der Waals surface area (Å²) in [5.74, 6) is 0.996. The van der Waals surface area contributed by atoms with Crippen LogP contribution in [0.5, 0.6) is 0 Å². The van der Waals surface area contributed by atoms with E-state index in [0.717, 1.165) is 5.92 Å². The summed E-state index contributed by atoms with van der Waals surface area (Å²) < 4.78 is 0. The van der Waals surface area contributed by atoms with Gasteiger partial charge < -0.3 is 5.32 Å². The summed E-state index contributed by atoms with van der Waals surface area (Å²) in [5, 5.41) is 3.50. The molecule has 1 fully saturated rings. The summed E-state index contributed by atoms with van der Waals surface area (Å²) in [4.78, 5) is 0. The largest absolute Gasteiger partial charge is 0.316 e. The summed E-state index contributed by atoms with van der Waals surface area (Å²) in [5.41, 5.74) is 0. The molecule has 0 bridgehead atoms. The van der Waals surface area contributed by atoms with Crippen molar-refractivity contribution in [2.75, 3.05) is 13.1 Å². The Hall–Kier alpha value is -0.0400. The molecule has 1 N–H and O–H groups in total. The third-order valence-corrected chi connectivity index (χ3v) is 2.58. The van der Waals surface area contributed by atoms with Crippen molar-refractivity contribution < 1.29 is 0 Å². The van der Waals surface area contributed by atoms with Gasteiger partial charge in [0.25, 0.3) is 0 Å². The van der Waals surface area contributed by atoms with Crippen LogP contribution in [0.1, 0.15) is 59.3 Å². The summed E-state index contributed by atoms with van der Waals surface area (Å²) in [6.45, 7) is 8.71. The van der Waals surface area contributed by atoms with Gasteiger partial charge in [0.2, 0.25) is 0 Å². The molecule has 0 saturated heterocycles. The fourth-order valence-corrected chi connectivity index (χ4v) is 1.87. The van der Waals surface area contributed by atoms with Crippen molar-refractivity contribution in [1.82, 2.24) is 5.32 Å². The molecule has 0 radical (unpaired) electrons. The molecule has 0 atom stereocenters. The van der Waals surface area contributed by atoms with E-state index in [1.54, 1.807) is 0 Å². The molecule has 0 heterocycles. The van der Waals surface area contributed by atoms with E-state index in [1.807, 2.05) is 13.8 Å². The van der Waals surface area contributed by atoms with Crippen LogP contribution in [0.3, 0.4) is 0 Å². The van der Waals surface area contributed by atoms with Crippen molar-refractivity contribution in [2.24, 2.45) is 5.92 Å². The van der Waals surface area contributed by atoms with Gasteiger partial charge in [-0.2, -0.15) is 0 Å². The average molecular weight is 185 g/mol. The second kappa shape index (κ2) is 10.0. The van der Waals surface area contributed by atoms with Crippen molar-refractivity contribution in [2.45, 2.75) is 59.3 Å². The van der Waals surface area contributed by atoms with E-state index in [9.17, 15) is 0 Å². The normalized spacial score (nSPS) is 17.8. The highest BCUT2D eigenvalue weighted by molar-refractivity contribution is 4.67. The van der Waals surface area contributed by atoms with Crippen LogP contribution in [0.2, 0.25) is 0 Å². The highest BCUT2D eigenvalue weighted by Gasteiger charge is 2.11. The van der Waals surface area contributed by atoms with E-state index in [-0.39, 0.29) is 0 Å². The predicted molar refractivity (Wildman–Crippen MR) is 61.1 cm³/mol. The first-order chi connectivity index (χ1) is 6.43. The van der Waals surface area contributed by atoms with Gasteiger partial charge in [0.05, 0.1) is 0 Å². The van der Waals surface area contributed by atoms with E-state index in [0.29, 0.717) is 0 Å². The summed E-state index contributed by atoms with van der Waals surface area (Å²) in [6, 6.07) is 0. The van der Waals surface area contributed by atoms with Crippen molar-refractivity contribution in [3.63, 3.8) is 0 Å². The molecule has 0 unspecified atom stereocenters. The zero-order chi connectivity index (χ0) is 9.94. The van der Waals surface area contributed by atoms with Crippen LogP contribution < -0.4 is 5.32 Å². The number of hydrogen-bond donors (Lipinski definition) is 1. The van der Waals surface area contributed by atoms with Gasteiger partial charge in [-0.15, -0.1) is 0 Å². The van der Waals surface area contributed by atoms with E-state index >= 15 is 0 Å². The fraction of sp³-hybridized carbons (Fsp3) is 1.00. The lowest BCUT2D eigenvalue weighted by Crippen LogP contribution is -2.24. The van der Waals surface area contributed by atoms with Crippen LogP contribution in [0, 0.1) is 5.92 Å². The molecule has 0 spiro atoms. The van der Waals surface area contributed by atoms with Gasteiger partial charge in [-0.05, 0) is 38.3 Å². The molecule has 1 aliphatic carbocycles. The zero-order valence-electron chi connectivity index (χ0n) is 9.73. The van der Waals surface area contributed by atoms with E-state index in [4.69, 9.17) is 0 Å². The first kappa shape index (κ1) is 13.0. The molecule has 0 aromatic heterocycles. The van der Waals surface area contributed by atoms with Crippen molar-refractivity contribution in [3.8, 4) is 0 Å². The smallest absolute Gasteiger partial charge is 0.00205 e. The maximum atomic E-state index is 3.50. The Morgan fingerprint density at radius 1 is 1.08 bits per heavy atom. The molecule has 1 saturated carbocycles. The molecule has 0 amide bonds. The quantitative estimate of drug-likeness (QED) is 0.660. The highest BCUT2D eigenvalue weighted by Crippen LogP contribution is 2.22. The maximum Gasteiger partial charge on any atom is -0.00205 e. The fourth-order valence-electron chi connectivity index (χ4n) is 1.87. The Bertz CT molecular complexity index is 85.1. The van der Waals surface area contributed by atoms with Gasteiger partial charge in [0.1, 0.15) is 0 Å². The minimum atomic E-state index is 0.996. The average Bonchev–Trinajstić information content (AvgIpc) is 2.23. The molecular weight excluding hydrogens is 158 g/mol.